The third-order valence-electron chi connectivity index (χ3n) is 4.09. The lowest BCUT2D eigenvalue weighted by molar-refractivity contribution is -0.136. The van der Waals surface area contributed by atoms with Crippen LogP contribution in [0.5, 0.6) is 0 Å². The number of carboxylic acids is 1. The number of carbonyl (C=O) groups is 1. The molecule has 98 valence electrons. The average Bonchev–Trinajstić information content (AvgIpc) is 2.38. The summed E-state index contributed by atoms with van der Waals surface area (Å²) in [5.41, 5.74) is 2.56. The molecule has 0 saturated heterocycles. The van der Waals surface area contributed by atoms with Gasteiger partial charge in [0.15, 0.2) is 0 Å². The highest BCUT2D eigenvalue weighted by Crippen LogP contribution is 2.35. The molecule has 0 heterocycles. The number of hydrogen-bond donors (Lipinski definition) is 1. The summed E-state index contributed by atoms with van der Waals surface area (Å²) in [6, 6.07) is 8.57. The summed E-state index contributed by atoms with van der Waals surface area (Å²) >= 11 is 0. The number of aliphatic carboxylic acids is 1. The zero-order valence-electron chi connectivity index (χ0n) is 11.1. The van der Waals surface area contributed by atoms with Gasteiger partial charge in [0.2, 0.25) is 0 Å². The van der Waals surface area contributed by atoms with Gasteiger partial charge in [-0.25, -0.2) is 0 Å². The lowest BCUT2D eigenvalue weighted by atomic mass is 9.79. The molecule has 0 amide bonds. The van der Waals surface area contributed by atoms with Crippen LogP contribution in [0.4, 0.5) is 0 Å². The predicted molar refractivity (Wildman–Crippen MR) is 72.8 cm³/mol. The Balaban J connectivity index is 1.93. The van der Waals surface area contributed by atoms with Crippen molar-refractivity contribution in [2.45, 2.75) is 51.4 Å². The van der Waals surface area contributed by atoms with Gasteiger partial charge < -0.3 is 5.11 Å². The molecule has 1 aliphatic rings. The molecule has 0 aromatic heterocycles. The molecular weight excluding hydrogens is 224 g/mol. The molecule has 2 rings (SSSR count). The van der Waals surface area contributed by atoms with Crippen molar-refractivity contribution in [3.05, 3.63) is 35.4 Å². The van der Waals surface area contributed by atoms with Crippen LogP contribution in [0.2, 0.25) is 0 Å². The fourth-order valence-corrected chi connectivity index (χ4v) is 2.80. The van der Waals surface area contributed by atoms with E-state index in [-0.39, 0.29) is 6.42 Å². The van der Waals surface area contributed by atoms with E-state index in [1.54, 1.807) is 0 Å². The van der Waals surface area contributed by atoms with Gasteiger partial charge in [-0.15, -0.1) is 0 Å². The average molecular weight is 246 g/mol. The van der Waals surface area contributed by atoms with Crippen LogP contribution in [-0.2, 0) is 11.2 Å². The maximum atomic E-state index is 10.5. The summed E-state index contributed by atoms with van der Waals surface area (Å²) in [5.74, 6) is 0.881. The van der Waals surface area contributed by atoms with Crippen molar-refractivity contribution in [2.24, 2.45) is 5.92 Å². The van der Waals surface area contributed by atoms with Gasteiger partial charge in [-0.2, -0.15) is 0 Å². The Hall–Kier alpha value is -1.31. The van der Waals surface area contributed by atoms with E-state index < -0.39 is 5.97 Å². The Morgan fingerprint density at radius 1 is 1.17 bits per heavy atom. The molecule has 0 bridgehead atoms. The first kappa shape index (κ1) is 13.1. The number of benzene rings is 1. The first-order chi connectivity index (χ1) is 8.65. The van der Waals surface area contributed by atoms with E-state index in [9.17, 15) is 4.79 Å². The van der Waals surface area contributed by atoms with Gasteiger partial charge in [-0.05, 0) is 42.2 Å². The summed E-state index contributed by atoms with van der Waals surface area (Å²) < 4.78 is 0. The van der Waals surface area contributed by atoms with E-state index in [0.29, 0.717) is 6.42 Å². The van der Waals surface area contributed by atoms with Gasteiger partial charge in [0.05, 0.1) is 0 Å². The van der Waals surface area contributed by atoms with E-state index in [4.69, 9.17) is 5.11 Å². The highest BCUT2D eigenvalue weighted by atomic mass is 16.4. The van der Waals surface area contributed by atoms with Crippen molar-refractivity contribution in [1.82, 2.24) is 0 Å². The van der Waals surface area contributed by atoms with E-state index in [0.717, 1.165) is 17.4 Å². The van der Waals surface area contributed by atoms with E-state index in [1.807, 2.05) is 0 Å². The largest absolute Gasteiger partial charge is 0.481 e. The van der Waals surface area contributed by atoms with Gasteiger partial charge >= 0.3 is 5.97 Å². The van der Waals surface area contributed by atoms with Crippen molar-refractivity contribution in [1.29, 1.82) is 0 Å². The summed E-state index contributed by atoms with van der Waals surface area (Å²) in [7, 11) is 0. The molecule has 0 unspecified atom stereocenters. The van der Waals surface area contributed by atoms with Gasteiger partial charge in [0, 0.05) is 6.42 Å². The first-order valence-electron chi connectivity index (χ1n) is 6.96. The molecule has 0 atom stereocenters. The number of hydrogen-bond acceptors (Lipinski definition) is 1. The van der Waals surface area contributed by atoms with Crippen molar-refractivity contribution in [3.8, 4) is 0 Å². The Morgan fingerprint density at radius 2 is 1.78 bits per heavy atom. The van der Waals surface area contributed by atoms with E-state index in [1.165, 1.54) is 31.2 Å². The van der Waals surface area contributed by atoms with Crippen molar-refractivity contribution < 1.29 is 9.90 Å². The van der Waals surface area contributed by atoms with Gasteiger partial charge in [-0.3, -0.25) is 4.79 Å². The molecule has 0 aliphatic heterocycles. The third-order valence-corrected chi connectivity index (χ3v) is 4.09. The Bertz CT molecular complexity index is 386. The summed E-state index contributed by atoms with van der Waals surface area (Å²) in [6.45, 7) is 2.34. The monoisotopic (exact) mass is 246 g/mol. The van der Waals surface area contributed by atoms with Gasteiger partial charge in [0.25, 0.3) is 0 Å². The second kappa shape index (κ2) is 6.03. The minimum absolute atomic E-state index is 0.223. The third kappa shape index (κ3) is 3.59. The van der Waals surface area contributed by atoms with E-state index in [2.05, 4.69) is 31.2 Å². The van der Waals surface area contributed by atoms with Crippen LogP contribution in [0.25, 0.3) is 0 Å². The lowest BCUT2D eigenvalue weighted by Gasteiger charge is -2.26. The van der Waals surface area contributed by atoms with E-state index >= 15 is 0 Å². The number of rotatable bonds is 4. The fraction of sp³-hybridized carbons (Fsp3) is 0.562. The van der Waals surface area contributed by atoms with Crippen LogP contribution >= 0.6 is 0 Å². The first-order valence-corrected chi connectivity index (χ1v) is 6.96. The summed E-state index contributed by atoms with van der Waals surface area (Å²) in [4.78, 5) is 10.5. The van der Waals surface area contributed by atoms with Crippen molar-refractivity contribution in [3.63, 3.8) is 0 Å². The zero-order chi connectivity index (χ0) is 13.0. The van der Waals surface area contributed by atoms with Crippen LogP contribution < -0.4 is 0 Å². The van der Waals surface area contributed by atoms with Crippen LogP contribution in [0.15, 0.2) is 24.3 Å². The van der Waals surface area contributed by atoms with Crippen molar-refractivity contribution >= 4 is 5.97 Å². The SMILES string of the molecule is CC1CCC(c2ccc(CCC(=O)O)cc2)CC1. The molecule has 1 aromatic carbocycles. The minimum atomic E-state index is -0.722. The van der Waals surface area contributed by atoms with Crippen molar-refractivity contribution in [2.75, 3.05) is 0 Å². The van der Waals surface area contributed by atoms with Crippen LogP contribution in [0.1, 0.15) is 56.1 Å². The lowest BCUT2D eigenvalue weighted by Crippen LogP contribution is -2.10. The molecule has 1 N–H and O–H groups in total. The number of aryl methyl sites for hydroxylation is 1. The molecule has 1 aromatic rings. The summed E-state index contributed by atoms with van der Waals surface area (Å²) in [5, 5.41) is 8.66. The second-order valence-corrected chi connectivity index (χ2v) is 5.59. The minimum Gasteiger partial charge on any atom is -0.481 e. The summed E-state index contributed by atoms with van der Waals surface area (Å²) in [6.07, 6.45) is 6.14. The standard InChI is InChI=1S/C16H22O2/c1-12-2-7-14(8-3-12)15-9-4-13(5-10-15)6-11-16(17)18/h4-5,9-10,12,14H,2-3,6-8,11H2,1H3,(H,17,18). The highest BCUT2D eigenvalue weighted by Gasteiger charge is 2.19. The fourth-order valence-electron chi connectivity index (χ4n) is 2.80. The van der Waals surface area contributed by atoms with Gasteiger partial charge in [0.1, 0.15) is 0 Å². The van der Waals surface area contributed by atoms with Crippen LogP contribution in [-0.4, -0.2) is 11.1 Å². The quantitative estimate of drug-likeness (QED) is 0.872. The Morgan fingerprint density at radius 3 is 2.33 bits per heavy atom. The molecule has 0 radical (unpaired) electrons. The smallest absolute Gasteiger partial charge is 0.303 e. The molecule has 1 fully saturated rings. The number of carboxylic acid groups (broad SMARTS) is 1. The molecule has 2 nitrogen and oxygen atoms in total. The van der Waals surface area contributed by atoms with Crippen LogP contribution in [0.3, 0.4) is 0 Å². The Labute approximate surface area is 109 Å². The second-order valence-electron chi connectivity index (χ2n) is 5.59. The predicted octanol–water partition coefficient (Wildman–Crippen LogP) is 4.00. The molecule has 2 heteroatoms. The molecule has 1 aliphatic carbocycles. The maximum absolute atomic E-state index is 10.5. The normalized spacial score (nSPS) is 23.8. The topological polar surface area (TPSA) is 37.3 Å². The maximum Gasteiger partial charge on any atom is 0.303 e. The highest BCUT2D eigenvalue weighted by molar-refractivity contribution is 5.67. The molecule has 18 heavy (non-hydrogen) atoms. The van der Waals surface area contributed by atoms with Crippen LogP contribution in [0, 0.1) is 5.92 Å². The Kier molecular flexibility index (Phi) is 4.40. The molecular formula is C16H22O2. The molecule has 0 spiro atoms. The zero-order valence-corrected chi connectivity index (χ0v) is 11.1. The van der Waals surface area contributed by atoms with Gasteiger partial charge in [-0.1, -0.05) is 44.0 Å². The molecule has 1 saturated carbocycles.